The zero-order chi connectivity index (χ0) is 28.6. The van der Waals surface area contributed by atoms with Crippen LogP contribution in [0.1, 0.15) is 32.0 Å². The van der Waals surface area contributed by atoms with Gasteiger partial charge in [-0.15, -0.1) is 0 Å². The third-order valence-corrected chi connectivity index (χ3v) is 6.82. The molecule has 2 aliphatic rings. The standard InChI is InChI=1S/C15H18F2N2O.C12H14F3NO.C2H6/c1-10-6-12-11-4-2-3-5-13(11)18-14(12)7-19(10)8-15(16,17)9-20;13-6-9-7-16(8-9)1-2-17-12-4-10(14)3-11(15)5-12;1-2/h2-5,10,18,20H,6-9H2,1H3;3-5,9H,1-2,6-8H2;1-2H3. The first-order valence-corrected chi connectivity index (χ1v) is 13.4. The summed E-state index contributed by atoms with van der Waals surface area (Å²) in [5.41, 5.74) is 3.30. The Kier molecular flexibility index (Phi) is 11.1. The molecule has 0 spiro atoms. The molecule has 0 aliphatic carbocycles. The van der Waals surface area contributed by atoms with E-state index in [4.69, 9.17) is 9.84 Å². The Bertz CT molecular complexity index is 1160. The van der Waals surface area contributed by atoms with Crippen molar-refractivity contribution in [2.75, 3.05) is 46.1 Å². The topological polar surface area (TPSA) is 51.7 Å². The number of likely N-dealkylation sites (tertiary alicyclic amines) is 1. The number of nitrogens with one attached hydrogen (secondary N) is 1. The summed E-state index contributed by atoms with van der Waals surface area (Å²) in [6, 6.07) is 11.2. The molecule has 1 atom stereocenters. The van der Waals surface area contributed by atoms with Crippen molar-refractivity contribution in [2.24, 2.45) is 5.92 Å². The highest BCUT2D eigenvalue weighted by molar-refractivity contribution is 5.84. The molecule has 2 aromatic carbocycles. The van der Waals surface area contributed by atoms with Crippen molar-refractivity contribution in [3.8, 4) is 5.75 Å². The van der Waals surface area contributed by atoms with Crippen LogP contribution in [0, 0.1) is 17.6 Å². The Hall–Kier alpha value is -2.69. The number of fused-ring (bicyclic) bond motifs is 3. The summed E-state index contributed by atoms with van der Waals surface area (Å²) in [5, 5.41) is 9.92. The molecule has 2 N–H and O–H groups in total. The average molecular weight is 556 g/mol. The van der Waals surface area contributed by atoms with Crippen LogP contribution in [0.15, 0.2) is 42.5 Å². The van der Waals surface area contributed by atoms with Crippen LogP contribution in [0.5, 0.6) is 5.75 Å². The van der Waals surface area contributed by atoms with Crippen LogP contribution in [0.4, 0.5) is 22.0 Å². The molecule has 0 saturated carbocycles. The number of para-hydroxylation sites is 1. The Balaban J connectivity index is 0.000000205. The summed E-state index contributed by atoms with van der Waals surface area (Å²) >= 11 is 0. The summed E-state index contributed by atoms with van der Waals surface area (Å²) < 4.78 is 69.8. The van der Waals surface area contributed by atoms with Crippen molar-refractivity contribution in [3.05, 3.63) is 65.4 Å². The number of aliphatic hydroxyl groups excluding tert-OH is 1. The summed E-state index contributed by atoms with van der Waals surface area (Å²) in [6.45, 7) is 7.10. The lowest BCUT2D eigenvalue weighted by Gasteiger charge is -2.37. The van der Waals surface area contributed by atoms with E-state index >= 15 is 0 Å². The first-order valence-electron chi connectivity index (χ1n) is 13.4. The highest BCUT2D eigenvalue weighted by Crippen LogP contribution is 2.31. The fourth-order valence-electron chi connectivity index (χ4n) is 4.83. The number of aromatic nitrogens is 1. The van der Waals surface area contributed by atoms with Gasteiger partial charge in [0.2, 0.25) is 0 Å². The third-order valence-electron chi connectivity index (χ3n) is 6.82. The van der Waals surface area contributed by atoms with Gasteiger partial charge in [0.05, 0.1) is 13.2 Å². The van der Waals surface area contributed by atoms with Crippen molar-refractivity contribution >= 4 is 10.9 Å². The Morgan fingerprint density at radius 1 is 1.08 bits per heavy atom. The minimum Gasteiger partial charge on any atom is -0.492 e. The number of aromatic amines is 1. The number of H-pyrrole nitrogens is 1. The first kappa shape index (κ1) is 30.8. The number of halogens is 5. The van der Waals surface area contributed by atoms with Crippen molar-refractivity contribution in [1.29, 1.82) is 0 Å². The SMILES string of the molecule is CC.CC1Cc2c([nH]c3ccccc23)CN1CC(F)(F)CO.FCC1CN(CCOc2cc(F)cc(F)c2)C1. The van der Waals surface area contributed by atoms with Gasteiger partial charge in [0.25, 0.3) is 5.92 Å². The van der Waals surface area contributed by atoms with Crippen LogP contribution in [-0.2, 0) is 13.0 Å². The van der Waals surface area contributed by atoms with Crippen LogP contribution in [0.3, 0.4) is 0 Å². The molecule has 1 saturated heterocycles. The quantitative estimate of drug-likeness (QED) is 0.345. The maximum absolute atomic E-state index is 13.4. The molecule has 5 rings (SSSR count). The van der Waals surface area contributed by atoms with E-state index in [1.807, 2.05) is 43.9 Å². The maximum Gasteiger partial charge on any atom is 0.283 e. The lowest BCUT2D eigenvalue weighted by atomic mass is 9.97. The van der Waals surface area contributed by atoms with Crippen LogP contribution < -0.4 is 4.74 Å². The highest BCUT2D eigenvalue weighted by Gasteiger charge is 2.35. The first-order chi connectivity index (χ1) is 18.7. The van der Waals surface area contributed by atoms with Crippen LogP contribution >= 0.6 is 0 Å². The number of hydrogen-bond acceptors (Lipinski definition) is 4. The predicted octanol–water partition coefficient (Wildman–Crippen LogP) is 5.81. The minimum atomic E-state index is -3.04. The average Bonchev–Trinajstić information content (AvgIpc) is 3.24. The van der Waals surface area contributed by atoms with Gasteiger partial charge in [0, 0.05) is 72.9 Å². The Labute approximate surface area is 226 Å². The molecule has 5 nitrogen and oxygen atoms in total. The number of hydrogen-bond donors (Lipinski definition) is 2. The zero-order valence-corrected chi connectivity index (χ0v) is 22.7. The monoisotopic (exact) mass is 555 g/mol. The number of alkyl halides is 3. The Morgan fingerprint density at radius 3 is 2.38 bits per heavy atom. The van der Waals surface area contributed by atoms with Gasteiger partial charge in [-0.25, -0.2) is 17.6 Å². The van der Waals surface area contributed by atoms with Gasteiger partial charge in [-0.1, -0.05) is 32.0 Å². The van der Waals surface area contributed by atoms with Gasteiger partial charge in [0.1, 0.15) is 30.6 Å². The zero-order valence-electron chi connectivity index (χ0n) is 22.7. The Morgan fingerprint density at radius 2 is 1.74 bits per heavy atom. The van der Waals surface area contributed by atoms with Gasteiger partial charge in [-0.3, -0.25) is 14.2 Å². The van der Waals surface area contributed by atoms with Crippen molar-refractivity contribution < 1.29 is 31.8 Å². The number of benzene rings is 2. The van der Waals surface area contributed by atoms with E-state index < -0.39 is 30.7 Å². The molecule has 0 radical (unpaired) electrons. The highest BCUT2D eigenvalue weighted by atomic mass is 19.3. The lowest BCUT2D eigenvalue weighted by molar-refractivity contribution is -0.0819. The molecular formula is C29H38F5N3O2. The minimum absolute atomic E-state index is 0.0409. The number of aliphatic hydroxyl groups is 1. The van der Waals surface area contributed by atoms with E-state index in [-0.39, 0.29) is 24.4 Å². The molecule has 0 amide bonds. The fraction of sp³-hybridized carbons (Fsp3) is 0.517. The molecular weight excluding hydrogens is 517 g/mol. The van der Waals surface area contributed by atoms with E-state index in [0.29, 0.717) is 19.7 Å². The van der Waals surface area contributed by atoms with E-state index in [1.165, 1.54) is 10.9 Å². The number of rotatable bonds is 8. The second-order valence-corrected chi connectivity index (χ2v) is 9.83. The van der Waals surface area contributed by atoms with Crippen LogP contribution in [-0.4, -0.2) is 77.9 Å². The van der Waals surface area contributed by atoms with E-state index in [2.05, 4.69) is 11.1 Å². The van der Waals surface area contributed by atoms with Gasteiger partial charge in [-0.05, 0) is 25.0 Å². The molecule has 10 heteroatoms. The maximum atomic E-state index is 13.4. The summed E-state index contributed by atoms with van der Waals surface area (Å²) in [5.74, 6) is -4.02. The smallest absolute Gasteiger partial charge is 0.283 e. The molecule has 1 aromatic heterocycles. The molecule has 0 bridgehead atoms. The van der Waals surface area contributed by atoms with Crippen LogP contribution in [0.2, 0.25) is 0 Å². The van der Waals surface area contributed by atoms with Gasteiger partial charge in [-0.2, -0.15) is 0 Å². The van der Waals surface area contributed by atoms with Gasteiger partial charge < -0.3 is 14.8 Å². The number of nitrogens with zero attached hydrogens (tertiary/aromatic N) is 2. The molecule has 3 aromatic rings. The summed E-state index contributed by atoms with van der Waals surface area (Å²) in [7, 11) is 0. The molecule has 216 valence electrons. The largest absolute Gasteiger partial charge is 0.492 e. The predicted molar refractivity (Wildman–Crippen MR) is 143 cm³/mol. The van der Waals surface area contributed by atoms with E-state index in [0.717, 1.165) is 48.9 Å². The lowest BCUT2D eigenvalue weighted by Crippen LogP contribution is -2.49. The molecule has 1 unspecified atom stereocenters. The van der Waals surface area contributed by atoms with Gasteiger partial charge in [0.15, 0.2) is 0 Å². The second kappa shape index (κ2) is 14.1. The van der Waals surface area contributed by atoms with Crippen molar-refractivity contribution in [2.45, 2.75) is 45.7 Å². The molecule has 3 heterocycles. The molecule has 39 heavy (non-hydrogen) atoms. The van der Waals surface area contributed by atoms with Gasteiger partial charge >= 0.3 is 0 Å². The normalized spacial score (nSPS) is 17.9. The van der Waals surface area contributed by atoms with Crippen LogP contribution in [0.25, 0.3) is 10.9 Å². The van der Waals surface area contributed by atoms with Crippen molar-refractivity contribution in [1.82, 2.24) is 14.8 Å². The van der Waals surface area contributed by atoms with E-state index in [1.54, 1.807) is 4.90 Å². The third kappa shape index (κ3) is 8.40. The molecule has 2 aliphatic heterocycles. The summed E-state index contributed by atoms with van der Waals surface area (Å²) in [4.78, 5) is 7.09. The van der Waals surface area contributed by atoms with E-state index in [9.17, 15) is 22.0 Å². The summed E-state index contributed by atoms with van der Waals surface area (Å²) in [6.07, 6.45) is 0.751. The van der Waals surface area contributed by atoms with Crippen molar-refractivity contribution in [3.63, 3.8) is 0 Å². The number of ether oxygens (including phenoxy) is 1. The second-order valence-electron chi connectivity index (χ2n) is 9.83. The molecule has 1 fully saturated rings. The fourth-order valence-corrected chi connectivity index (χ4v) is 4.83.